The van der Waals surface area contributed by atoms with Crippen LogP contribution in [0.15, 0.2) is 35.5 Å². The Kier molecular flexibility index (Phi) is 2.60. The van der Waals surface area contributed by atoms with E-state index in [1.807, 2.05) is 0 Å². The summed E-state index contributed by atoms with van der Waals surface area (Å²) >= 11 is 0. The average molecular weight is 244 g/mol. The van der Waals surface area contributed by atoms with Gasteiger partial charge in [0.1, 0.15) is 5.60 Å². The molecule has 0 amide bonds. The average Bonchev–Trinajstić information content (AvgIpc) is 2.68. The first-order valence-electron chi connectivity index (χ1n) is 7.24. The van der Waals surface area contributed by atoms with E-state index in [1.165, 1.54) is 17.6 Å². The van der Waals surface area contributed by atoms with Gasteiger partial charge in [-0.25, -0.2) is 0 Å². The standard InChI is InChI=1S/C17H24O/c1-5-16(3,4)11-18-17-12(2)9-13-10-14(17)7-6-8-15(13)17/h6-8,10,12-13H,5,9,11H2,1-4H3. The van der Waals surface area contributed by atoms with Crippen molar-refractivity contribution < 1.29 is 4.74 Å². The van der Waals surface area contributed by atoms with Crippen molar-refractivity contribution in [2.45, 2.75) is 46.1 Å². The lowest BCUT2D eigenvalue weighted by Gasteiger charge is -2.39. The van der Waals surface area contributed by atoms with Crippen molar-refractivity contribution >= 4 is 0 Å². The molecule has 0 aromatic carbocycles. The van der Waals surface area contributed by atoms with Crippen LogP contribution < -0.4 is 0 Å². The van der Waals surface area contributed by atoms with Crippen LogP contribution in [0.25, 0.3) is 0 Å². The molecule has 0 radical (unpaired) electrons. The Morgan fingerprint density at radius 3 is 2.89 bits per heavy atom. The first-order chi connectivity index (χ1) is 8.49. The zero-order valence-corrected chi connectivity index (χ0v) is 12.0. The maximum Gasteiger partial charge on any atom is 0.117 e. The molecule has 3 rings (SSSR count). The Morgan fingerprint density at radius 1 is 1.44 bits per heavy atom. The van der Waals surface area contributed by atoms with E-state index >= 15 is 0 Å². The Labute approximate surface area is 111 Å². The highest BCUT2D eigenvalue weighted by Gasteiger charge is 2.56. The van der Waals surface area contributed by atoms with Crippen LogP contribution in [0.4, 0.5) is 0 Å². The van der Waals surface area contributed by atoms with Crippen molar-refractivity contribution in [3.8, 4) is 0 Å². The molecule has 1 heteroatoms. The largest absolute Gasteiger partial charge is 0.365 e. The summed E-state index contributed by atoms with van der Waals surface area (Å²) < 4.78 is 6.53. The predicted octanol–water partition coefficient (Wildman–Crippen LogP) is 4.27. The predicted molar refractivity (Wildman–Crippen MR) is 75.3 cm³/mol. The Balaban J connectivity index is 1.88. The number of allylic oxidation sites excluding steroid dienone is 3. The van der Waals surface area contributed by atoms with Gasteiger partial charge in [0.25, 0.3) is 0 Å². The van der Waals surface area contributed by atoms with Crippen LogP contribution in [0.2, 0.25) is 0 Å². The number of rotatable bonds is 4. The highest BCUT2D eigenvalue weighted by molar-refractivity contribution is 5.57. The lowest BCUT2D eigenvalue weighted by Crippen LogP contribution is -2.41. The van der Waals surface area contributed by atoms with E-state index in [-0.39, 0.29) is 11.0 Å². The van der Waals surface area contributed by atoms with Gasteiger partial charge >= 0.3 is 0 Å². The molecule has 0 aromatic heterocycles. The summed E-state index contributed by atoms with van der Waals surface area (Å²) in [6.07, 6.45) is 11.6. The van der Waals surface area contributed by atoms with Crippen LogP contribution in [0.5, 0.6) is 0 Å². The van der Waals surface area contributed by atoms with Gasteiger partial charge in [-0.3, -0.25) is 0 Å². The third kappa shape index (κ3) is 1.50. The second kappa shape index (κ2) is 3.84. The van der Waals surface area contributed by atoms with Crippen molar-refractivity contribution in [3.05, 3.63) is 35.5 Å². The number of ether oxygens (including phenoxy) is 1. The molecule has 1 fully saturated rings. The van der Waals surface area contributed by atoms with Crippen LogP contribution in [0.3, 0.4) is 0 Å². The van der Waals surface area contributed by atoms with E-state index in [2.05, 4.69) is 52.0 Å². The minimum Gasteiger partial charge on any atom is -0.365 e. The molecule has 0 N–H and O–H groups in total. The summed E-state index contributed by atoms with van der Waals surface area (Å²) in [5, 5.41) is 0. The maximum atomic E-state index is 6.53. The van der Waals surface area contributed by atoms with Crippen LogP contribution in [-0.2, 0) is 4.74 Å². The number of hydrogen-bond donors (Lipinski definition) is 0. The Hall–Kier alpha value is -0.820. The topological polar surface area (TPSA) is 9.23 Å². The minimum atomic E-state index is -0.0775. The van der Waals surface area contributed by atoms with Gasteiger partial charge < -0.3 is 4.74 Å². The molecule has 0 aromatic rings. The normalized spacial score (nSPS) is 36.9. The van der Waals surface area contributed by atoms with Gasteiger partial charge in [0, 0.05) is 5.92 Å². The number of hydrogen-bond acceptors (Lipinski definition) is 1. The summed E-state index contributed by atoms with van der Waals surface area (Å²) in [4.78, 5) is 0. The molecule has 0 aliphatic heterocycles. The molecular formula is C17H24O. The van der Waals surface area contributed by atoms with Gasteiger partial charge in [-0.1, -0.05) is 52.0 Å². The Bertz CT molecular complexity index is 452. The Morgan fingerprint density at radius 2 is 2.22 bits per heavy atom. The van der Waals surface area contributed by atoms with E-state index in [4.69, 9.17) is 4.74 Å². The van der Waals surface area contributed by atoms with Crippen molar-refractivity contribution in [3.63, 3.8) is 0 Å². The minimum absolute atomic E-state index is 0.0775. The fourth-order valence-electron chi connectivity index (χ4n) is 3.59. The SMILES string of the molecule is CCC(C)(C)COC12C3=CC(CC1C)C2=CC=C3. The molecule has 18 heavy (non-hydrogen) atoms. The van der Waals surface area contributed by atoms with Gasteiger partial charge in [0.05, 0.1) is 6.61 Å². The van der Waals surface area contributed by atoms with Gasteiger partial charge in [0.2, 0.25) is 0 Å². The van der Waals surface area contributed by atoms with Crippen molar-refractivity contribution in [2.75, 3.05) is 6.61 Å². The van der Waals surface area contributed by atoms with Crippen molar-refractivity contribution in [2.24, 2.45) is 17.3 Å². The highest BCUT2D eigenvalue weighted by Crippen LogP contribution is 2.58. The van der Waals surface area contributed by atoms with Crippen molar-refractivity contribution in [1.82, 2.24) is 0 Å². The molecule has 1 nitrogen and oxygen atoms in total. The second-order valence-corrected chi connectivity index (χ2v) is 6.89. The van der Waals surface area contributed by atoms with E-state index in [0.717, 1.165) is 13.0 Å². The van der Waals surface area contributed by atoms with E-state index in [1.54, 1.807) is 0 Å². The zero-order chi connectivity index (χ0) is 13.0. The lowest BCUT2D eigenvalue weighted by molar-refractivity contribution is -0.0491. The smallest absolute Gasteiger partial charge is 0.117 e. The molecule has 3 unspecified atom stereocenters. The van der Waals surface area contributed by atoms with Crippen LogP contribution in [0, 0.1) is 17.3 Å². The van der Waals surface area contributed by atoms with E-state index < -0.39 is 0 Å². The molecule has 3 atom stereocenters. The molecule has 3 aliphatic rings. The molecular weight excluding hydrogens is 220 g/mol. The summed E-state index contributed by atoms with van der Waals surface area (Å²) in [5.74, 6) is 1.25. The summed E-state index contributed by atoms with van der Waals surface area (Å²) in [5.41, 5.74) is 3.12. The van der Waals surface area contributed by atoms with E-state index in [0.29, 0.717) is 11.8 Å². The third-order valence-corrected chi connectivity index (χ3v) is 5.14. The zero-order valence-electron chi connectivity index (χ0n) is 12.0. The quantitative estimate of drug-likeness (QED) is 0.717. The molecule has 0 saturated heterocycles. The van der Waals surface area contributed by atoms with Gasteiger partial charge in [0.15, 0.2) is 0 Å². The monoisotopic (exact) mass is 244 g/mol. The van der Waals surface area contributed by atoms with Crippen LogP contribution in [0.1, 0.15) is 40.5 Å². The van der Waals surface area contributed by atoms with Crippen molar-refractivity contribution in [1.29, 1.82) is 0 Å². The van der Waals surface area contributed by atoms with Crippen LogP contribution >= 0.6 is 0 Å². The maximum absolute atomic E-state index is 6.53. The lowest BCUT2D eigenvalue weighted by atomic mass is 9.80. The third-order valence-electron chi connectivity index (χ3n) is 5.14. The first-order valence-corrected chi connectivity index (χ1v) is 7.24. The molecule has 0 spiro atoms. The fraction of sp³-hybridized carbons (Fsp3) is 0.647. The molecule has 3 aliphatic carbocycles. The van der Waals surface area contributed by atoms with Gasteiger partial charge in [-0.05, 0) is 35.3 Å². The van der Waals surface area contributed by atoms with Gasteiger partial charge in [-0.15, -0.1) is 0 Å². The first kappa shape index (κ1) is 12.2. The summed E-state index contributed by atoms with van der Waals surface area (Å²) in [6, 6.07) is 0. The summed E-state index contributed by atoms with van der Waals surface area (Å²) in [7, 11) is 0. The molecule has 0 heterocycles. The summed E-state index contributed by atoms with van der Waals surface area (Å²) in [6.45, 7) is 10.0. The van der Waals surface area contributed by atoms with Crippen LogP contribution in [-0.4, -0.2) is 12.2 Å². The van der Waals surface area contributed by atoms with Gasteiger partial charge in [-0.2, -0.15) is 0 Å². The second-order valence-electron chi connectivity index (χ2n) is 6.89. The molecule has 4 bridgehead atoms. The highest BCUT2D eigenvalue weighted by atomic mass is 16.5. The molecule has 98 valence electrons. The fourth-order valence-corrected chi connectivity index (χ4v) is 3.59. The van der Waals surface area contributed by atoms with E-state index in [9.17, 15) is 0 Å². The molecule has 1 saturated carbocycles.